The second-order valence-corrected chi connectivity index (χ2v) is 6.31. The zero-order chi connectivity index (χ0) is 16.1. The normalized spacial score (nSPS) is 12.2. The molecule has 0 saturated heterocycles. The van der Waals surface area contributed by atoms with Crippen LogP contribution in [0.25, 0.3) is 0 Å². The van der Waals surface area contributed by atoms with Gasteiger partial charge in [-0.3, -0.25) is 4.79 Å². The van der Waals surface area contributed by atoms with Gasteiger partial charge in [-0.1, -0.05) is 32.9 Å². The Kier molecular flexibility index (Phi) is 5.49. The lowest BCUT2D eigenvalue weighted by atomic mass is 10.0. The van der Waals surface area contributed by atoms with Gasteiger partial charge in [0.2, 0.25) is 5.13 Å². The van der Waals surface area contributed by atoms with Crippen molar-refractivity contribution in [3.8, 4) is 0 Å². The summed E-state index contributed by atoms with van der Waals surface area (Å²) in [5.41, 5.74) is 2.06. The van der Waals surface area contributed by atoms with Crippen LogP contribution in [0, 0.1) is 5.92 Å². The molecule has 6 heteroatoms. The van der Waals surface area contributed by atoms with Crippen molar-refractivity contribution in [2.75, 3.05) is 12.4 Å². The van der Waals surface area contributed by atoms with Crippen LogP contribution in [0.15, 0.2) is 24.3 Å². The van der Waals surface area contributed by atoms with Crippen LogP contribution in [0.4, 0.5) is 10.8 Å². The van der Waals surface area contributed by atoms with E-state index in [0.717, 1.165) is 22.2 Å². The summed E-state index contributed by atoms with van der Waals surface area (Å²) in [5, 5.41) is 4.04. The molecule has 0 aliphatic rings. The lowest BCUT2D eigenvalue weighted by Crippen LogP contribution is -2.15. The molecular formula is C16H21N3O2S. The van der Waals surface area contributed by atoms with E-state index < -0.39 is 0 Å². The van der Waals surface area contributed by atoms with Crippen molar-refractivity contribution >= 4 is 28.3 Å². The molecule has 0 amide bonds. The first-order chi connectivity index (χ1) is 10.5. The second-order valence-electron chi connectivity index (χ2n) is 5.56. The fourth-order valence-electron chi connectivity index (χ4n) is 2.01. The molecule has 0 bridgehead atoms. The number of rotatable bonds is 6. The smallest absolute Gasteiger partial charge is 0.308 e. The number of esters is 1. The van der Waals surface area contributed by atoms with Crippen molar-refractivity contribution in [2.45, 2.75) is 33.1 Å². The Morgan fingerprint density at radius 3 is 2.50 bits per heavy atom. The SMILES string of the molecule is COC(=O)C(C)Cc1ccc(Nc2nc(C(C)C)ns2)cc1. The van der Waals surface area contributed by atoms with Crippen LogP contribution >= 0.6 is 11.5 Å². The molecule has 0 fully saturated rings. The van der Waals surface area contributed by atoms with Gasteiger partial charge in [0.15, 0.2) is 0 Å². The molecule has 1 aromatic carbocycles. The molecule has 0 saturated carbocycles. The highest BCUT2D eigenvalue weighted by Crippen LogP contribution is 2.22. The minimum atomic E-state index is -0.183. The first kappa shape index (κ1) is 16.4. The number of nitrogens with one attached hydrogen (secondary N) is 1. The summed E-state index contributed by atoms with van der Waals surface area (Å²) in [5.74, 6) is 0.864. The molecule has 22 heavy (non-hydrogen) atoms. The van der Waals surface area contributed by atoms with Gasteiger partial charge < -0.3 is 10.1 Å². The number of nitrogens with zero attached hydrogens (tertiary/aromatic N) is 2. The maximum Gasteiger partial charge on any atom is 0.308 e. The summed E-state index contributed by atoms with van der Waals surface area (Å²) in [6.07, 6.45) is 0.670. The number of methoxy groups -OCH3 is 1. The van der Waals surface area contributed by atoms with E-state index in [1.165, 1.54) is 18.6 Å². The Morgan fingerprint density at radius 1 is 1.27 bits per heavy atom. The molecule has 1 heterocycles. The summed E-state index contributed by atoms with van der Waals surface area (Å²) in [6.45, 7) is 6.01. The Morgan fingerprint density at radius 2 is 1.95 bits per heavy atom. The van der Waals surface area contributed by atoms with Gasteiger partial charge in [-0.05, 0) is 24.1 Å². The van der Waals surface area contributed by atoms with Crippen LogP contribution in [0.2, 0.25) is 0 Å². The number of anilines is 2. The molecule has 118 valence electrons. The number of aromatic nitrogens is 2. The van der Waals surface area contributed by atoms with Gasteiger partial charge in [-0.15, -0.1) is 0 Å². The van der Waals surface area contributed by atoms with Crippen molar-refractivity contribution < 1.29 is 9.53 Å². The van der Waals surface area contributed by atoms with Crippen molar-refractivity contribution in [2.24, 2.45) is 5.92 Å². The molecule has 1 unspecified atom stereocenters. The molecule has 2 rings (SSSR count). The number of hydrogen-bond acceptors (Lipinski definition) is 6. The van der Waals surface area contributed by atoms with Crippen LogP contribution in [-0.4, -0.2) is 22.4 Å². The van der Waals surface area contributed by atoms with Crippen LogP contribution < -0.4 is 5.32 Å². The largest absolute Gasteiger partial charge is 0.469 e. The molecule has 0 radical (unpaired) electrons. The fraction of sp³-hybridized carbons (Fsp3) is 0.438. The van der Waals surface area contributed by atoms with Crippen molar-refractivity contribution in [3.05, 3.63) is 35.7 Å². The van der Waals surface area contributed by atoms with Crippen molar-refractivity contribution in [1.29, 1.82) is 0 Å². The van der Waals surface area contributed by atoms with E-state index >= 15 is 0 Å². The minimum absolute atomic E-state index is 0.138. The zero-order valence-corrected chi connectivity index (χ0v) is 14.1. The summed E-state index contributed by atoms with van der Waals surface area (Å²) in [7, 11) is 1.42. The number of carbonyl (C=O) groups is 1. The molecule has 5 nitrogen and oxygen atoms in total. The van der Waals surface area contributed by atoms with E-state index in [-0.39, 0.29) is 11.9 Å². The third-order valence-corrected chi connectivity index (χ3v) is 3.95. The number of carbonyl (C=O) groups excluding carboxylic acids is 1. The van der Waals surface area contributed by atoms with Crippen molar-refractivity contribution in [1.82, 2.24) is 9.36 Å². The van der Waals surface area contributed by atoms with Gasteiger partial charge in [0.1, 0.15) is 5.82 Å². The van der Waals surface area contributed by atoms with Crippen LogP contribution in [0.5, 0.6) is 0 Å². The first-order valence-electron chi connectivity index (χ1n) is 7.27. The van der Waals surface area contributed by atoms with Gasteiger partial charge in [-0.25, -0.2) is 4.98 Å². The van der Waals surface area contributed by atoms with Crippen LogP contribution in [-0.2, 0) is 16.0 Å². The minimum Gasteiger partial charge on any atom is -0.469 e. The highest BCUT2D eigenvalue weighted by molar-refractivity contribution is 7.09. The Bertz CT molecular complexity index is 623. The highest BCUT2D eigenvalue weighted by atomic mass is 32.1. The summed E-state index contributed by atoms with van der Waals surface area (Å²) >= 11 is 1.36. The predicted molar refractivity (Wildman–Crippen MR) is 88.6 cm³/mol. The lowest BCUT2D eigenvalue weighted by Gasteiger charge is -2.09. The molecule has 0 aliphatic heterocycles. The standard InChI is InChI=1S/C16H21N3O2S/c1-10(2)14-18-16(22-19-14)17-13-7-5-12(6-8-13)9-11(3)15(20)21-4/h5-8,10-11H,9H2,1-4H3,(H,17,18,19). The number of hydrogen-bond donors (Lipinski definition) is 1. The first-order valence-corrected chi connectivity index (χ1v) is 8.04. The summed E-state index contributed by atoms with van der Waals surface area (Å²) in [4.78, 5) is 15.9. The number of ether oxygens (including phenoxy) is 1. The van der Waals surface area contributed by atoms with E-state index in [1.54, 1.807) is 0 Å². The topological polar surface area (TPSA) is 64.1 Å². The predicted octanol–water partition coefficient (Wildman–Crippen LogP) is 3.76. The maximum absolute atomic E-state index is 11.4. The van der Waals surface area contributed by atoms with E-state index in [2.05, 4.69) is 28.5 Å². The summed E-state index contributed by atoms with van der Waals surface area (Å²) < 4.78 is 9.06. The van der Waals surface area contributed by atoms with Crippen LogP contribution in [0.1, 0.15) is 38.1 Å². The quantitative estimate of drug-likeness (QED) is 0.821. The Hall–Kier alpha value is -1.95. The molecule has 1 atom stereocenters. The zero-order valence-electron chi connectivity index (χ0n) is 13.3. The van der Waals surface area contributed by atoms with Gasteiger partial charge >= 0.3 is 5.97 Å². The highest BCUT2D eigenvalue weighted by Gasteiger charge is 2.13. The molecule has 1 N–H and O–H groups in total. The monoisotopic (exact) mass is 319 g/mol. The van der Waals surface area contributed by atoms with Crippen molar-refractivity contribution in [3.63, 3.8) is 0 Å². The van der Waals surface area contributed by atoms with Crippen LogP contribution in [0.3, 0.4) is 0 Å². The van der Waals surface area contributed by atoms with E-state index in [0.29, 0.717) is 12.3 Å². The van der Waals surface area contributed by atoms with E-state index in [9.17, 15) is 4.79 Å². The third-order valence-electron chi connectivity index (χ3n) is 3.31. The van der Waals surface area contributed by atoms with E-state index in [1.807, 2.05) is 31.2 Å². The van der Waals surface area contributed by atoms with Gasteiger partial charge in [-0.2, -0.15) is 4.37 Å². The molecule has 1 aromatic heterocycles. The fourth-order valence-corrected chi connectivity index (χ4v) is 2.74. The molecular weight excluding hydrogens is 298 g/mol. The molecule has 2 aromatic rings. The van der Waals surface area contributed by atoms with Gasteiger partial charge in [0.25, 0.3) is 0 Å². The van der Waals surface area contributed by atoms with E-state index in [4.69, 9.17) is 4.74 Å². The number of benzene rings is 1. The average molecular weight is 319 g/mol. The van der Waals surface area contributed by atoms with Gasteiger partial charge in [0, 0.05) is 23.1 Å². The lowest BCUT2D eigenvalue weighted by molar-refractivity contribution is -0.144. The molecule has 0 spiro atoms. The Balaban J connectivity index is 1.98. The second kappa shape index (κ2) is 7.35. The maximum atomic E-state index is 11.4. The average Bonchev–Trinajstić information content (AvgIpc) is 2.97. The Labute approximate surface area is 134 Å². The molecule has 0 aliphatic carbocycles. The third kappa shape index (κ3) is 4.27. The van der Waals surface area contributed by atoms with Gasteiger partial charge in [0.05, 0.1) is 13.0 Å². The summed E-state index contributed by atoms with van der Waals surface area (Å²) in [6, 6.07) is 7.98.